The molecular formula is C21H24O6. The SMILES string of the molecule is CCC(=C(C(=O)O)c1ccc(OCOC)cc1)c1ccc(OCOC)cc1. The summed E-state index contributed by atoms with van der Waals surface area (Å²) < 4.78 is 20.5. The number of ether oxygens (including phenoxy) is 4. The second-order valence-electron chi connectivity index (χ2n) is 5.66. The molecule has 0 radical (unpaired) electrons. The molecule has 0 saturated heterocycles. The zero-order valence-corrected chi connectivity index (χ0v) is 15.7. The minimum absolute atomic E-state index is 0.138. The quantitative estimate of drug-likeness (QED) is 0.385. The predicted octanol–water partition coefficient (Wildman–Crippen LogP) is 4.06. The maximum Gasteiger partial charge on any atom is 0.336 e. The van der Waals surface area contributed by atoms with Crippen molar-refractivity contribution in [1.29, 1.82) is 0 Å². The maximum absolute atomic E-state index is 12.0. The van der Waals surface area contributed by atoms with E-state index in [1.807, 2.05) is 19.1 Å². The average Bonchev–Trinajstić information content (AvgIpc) is 2.69. The van der Waals surface area contributed by atoms with Crippen LogP contribution < -0.4 is 9.47 Å². The molecule has 0 heterocycles. The fourth-order valence-corrected chi connectivity index (χ4v) is 2.68. The average molecular weight is 372 g/mol. The molecule has 0 aliphatic heterocycles. The van der Waals surface area contributed by atoms with Crippen molar-refractivity contribution in [2.75, 3.05) is 27.8 Å². The molecular weight excluding hydrogens is 348 g/mol. The van der Waals surface area contributed by atoms with E-state index < -0.39 is 5.97 Å². The smallest absolute Gasteiger partial charge is 0.336 e. The van der Waals surface area contributed by atoms with Gasteiger partial charge in [0.25, 0.3) is 0 Å². The van der Waals surface area contributed by atoms with E-state index in [1.54, 1.807) is 50.6 Å². The standard InChI is InChI=1S/C21H24O6/c1-4-19(15-5-9-17(10-6-15)26-13-24-2)20(21(22)23)16-7-11-18(12-8-16)27-14-25-3/h5-12H,4,13-14H2,1-3H3,(H,22,23). The van der Waals surface area contributed by atoms with Gasteiger partial charge in [0.15, 0.2) is 13.6 Å². The predicted molar refractivity (Wildman–Crippen MR) is 103 cm³/mol. The van der Waals surface area contributed by atoms with Crippen molar-refractivity contribution in [2.45, 2.75) is 13.3 Å². The first-order valence-corrected chi connectivity index (χ1v) is 8.51. The number of aliphatic carboxylic acids is 1. The van der Waals surface area contributed by atoms with Crippen LogP contribution in [0.3, 0.4) is 0 Å². The van der Waals surface area contributed by atoms with Gasteiger partial charge in [-0.25, -0.2) is 4.79 Å². The minimum Gasteiger partial charge on any atom is -0.478 e. The van der Waals surface area contributed by atoms with Crippen molar-refractivity contribution in [3.8, 4) is 11.5 Å². The Kier molecular flexibility index (Phi) is 7.85. The molecule has 0 atom stereocenters. The molecule has 0 unspecified atom stereocenters. The molecule has 1 N–H and O–H groups in total. The van der Waals surface area contributed by atoms with E-state index in [1.165, 1.54) is 0 Å². The summed E-state index contributed by atoms with van der Waals surface area (Å²) in [5.74, 6) is 0.299. The normalized spacial score (nSPS) is 11.7. The lowest BCUT2D eigenvalue weighted by molar-refractivity contribution is -0.130. The number of carboxylic acid groups (broad SMARTS) is 1. The lowest BCUT2D eigenvalue weighted by Gasteiger charge is -2.13. The van der Waals surface area contributed by atoms with Crippen LogP contribution in [-0.4, -0.2) is 38.9 Å². The Balaban J connectivity index is 2.37. The summed E-state index contributed by atoms with van der Waals surface area (Å²) in [6.45, 7) is 2.23. The van der Waals surface area contributed by atoms with Gasteiger partial charge in [-0.15, -0.1) is 0 Å². The topological polar surface area (TPSA) is 74.2 Å². The molecule has 0 aliphatic rings. The summed E-state index contributed by atoms with van der Waals surface area (Å²) in [6.07, 6.45) is 0.571. The third-order valence-electron chi connectivity index (χ3n) is 3.90. The van der Waals surface area contributed by atoms with E-state index >= 15 is 0 Å². The summed E-state index contributed by atoms with van der Waals surface area (Å²) >= 11 is 0. The Bertz CT molecular complexity index is 762. The molecule has 6 heteroatoms. The number of carbonyl (C=O) groups is 1. The fourth-order valence-electron chi connectivity index (χ4n) is 2.68. The van der Waals surface area contributed by atoms with E-state index in [-0.39, 0.29) is 19.2 Å². The van der Waals surface area contributed by atoms with Gasteiger partial charge in [-0.2, -0.15) is 0 Å². The Morgan fingerprint density at radius 2 is 1.26 bits per heavy atom. The van der Waals surface area contributed by atoms with Crippen LogP contribution in [0.2, 0.25) is 0 Å². The molecule has 2 rings (SSSR count). The lowest BCUT2D eigenvalue weighted by Crippen LogP contribution is -2.04. The van der Waals surface area contributed by atoms with Crippen LogP contribution in [0.15, 0.2) is 48.5 Å². The van der Waals surface area contributed by atoms with Crippen molar-refractivity contribution >= 4 is 17.1 Å². The summed E-state index contributed by atoms with van der Waals surface area (Å²) in [6, 6.07) is 14.2. The van der Waals surface area contributed by atoms with Gasteiger partial charge >= 0.3 is 5.97 Å². The van der Waals surface area contributed by atoms with Gasteiger partial charge in [0.1, 0.15) is 11.5 Å². The van der Waals surface area contributed by atoms with Crippen molar-refractivity contribution in [3.63, 3.8) is 0 Å². The second-order valence-corrected chi connectivity index (χ2v) is 5.66. The van der Waals surface area contributed by atoms with E-state index in [0.717, 1.165) is 11.1 Å². The van der Waals surface area contributed by atoms with Gasteiger partial charge in [0, 0.05) is 14.2 Å². The van der Waals surface area contributed by atoms with Gasteiger partial charge in [-0.3, -0.25) is 0 Å². The largest absolute Gasteiger partial charge is 0.478 e. The molecule has 2 aromatic carbocycles. The third kappa shape index (κ3) is 5.57. The molecule has 0 saturated carbocycles. The molecule has 0 bridgehead atoms. The van der Waals surface area contributed by atoms with E-state index in [0.29, 0.717) is 23.5 Å². The third-order valence-corrected chi connectivity index (χ3v) is 3.90. The van der Waals surface area contributed by atoms with Gasteiger partial charge in [0.05, 0.1) is 5.57 Å². The van der Waals surface area contributed by atoms with Crippen LogP contribution in [0, 0.1) is 0 Å². The number of rotatable bonds is 10. The zero-order chi connectivity index (χ0) is 19.6. The van der Waals surface area contributed by atoms with Crippen molar-refractivity contribution < 1.29 is 28.8 Å². The van der Waals surface area contributed by atoms with Crippen LogP contribution in [0.25, 0.3) is 11.1 Å². The van der Waals surface area contributed by atoms with Gasteiger partial charge in [0.2, 0.25) is 0 Å². The highest BCUT2D eigenvalue weighted by Gasteiger charge is 2.17. The zero-order valence-electron chi connectivity index (χ0n) is 15.7. The van der Waals surface area contributed by atoms with Crippen LogP contribution in [-0.2, 0) is 14.3 Å². The molecule has 2 aromatic rings. The minimum atomic E-state index is -0.975. The van der Waals surface area contributed by atoms with Crippen LogP contribution in [0.4, 0.5) is 0 Å². The molecule has 0 fully saturated rings. The summed E-state index contributed by atoms with van der Waals surface area (Å²) in [5.41, 5.74) is 2.45. The maximum atomic E-state index is 12.0. The highest BCUT2D eigenvalue weighted by Crippen LogP contribution is 2.31. The van der Waals surface area contributed by atoms with Crippen molar-refractivity contribution in [3.05, 3.63) is 59.7 Å². The monoisotopic (exact) mass is 372 g/mol. The van der Waals surface area contributed by atoms with Gasteiger partial charge in [-0.1, -0.05) is 31.2 Å². The number of methoxy groups -OCH3 is 2. The Morgan fingerprint density at radius 1 is 0.815 bits per heavy atom. The first-order chi connectivity index (χ1) is 13.1. The molecule has 0 aromatic heterocycles. The van der Waals surface area contributed by atoms with Crippen LogP contribution >= 0.6 is 0 Å². The first-order valence-electron chi connectivity index (χ1n) is 8.51. The fraction of sp³-hybridized carbons (Fsp3) is 0.286. The Hall–Kier alpha value is -2.83. The first kappa shape index (κ1) is 20.5. The van der Waals surface area contributed by atoms with Crippen LogP contribution in [0.1, 0.15) is 24.5 Å². The molecule has 6 nitrogen and oxygen atoms in total. The number of carboxylic acids is 1. The number of hydrogen-bond acceptors (Lipinski definition) is 5. The highest BCUT2D eigenvalue weighted by molar-refractivity contribution is 6.23. The molecule has 0 aliphatic carbocycles. The van der Waals surface area contributed by atoms with E-state index in [2.05, 4.69) is 0 Å². The van der Waals surface area contributed by atoms with E-state index in [9.17, 15) is 9.90 Å². The molecule has 27 heavy (non-hydrogen) atoms. The van der Waals surface area contributed by atoms with Gasteiger partial charge < -0.3 is 24.1 Å². The lowest BCUT2D eigenvalue weighted by atomic mass is 9.93. The van der Waals surface area contributed by atoms with Crippen molar-refractivity contribution in [2.24, 2.45) is 0 Å². The number of allylic oxidation sites excluding steroid dienone is 1. The van der Waals surface area contributed by atoms with Gasteiger partial charge in [-0.05, 0) is 47.4 Å². The summed E-state index contributed by atoms with van der Waals surface area (Å²) in [4.78, 5) is 12.0. The second kappa shape index (κ2) is 10.4. The van der Waals surface area contributed by atoms with Crippen molar-refractivity contribution in [1.82, 2.24) is 0 Å². The van der Waals surface area contributed by atoms with E-state index in [4.69, 9.17) is 18.9 Å². The summed E-state index contributed by atoms with van der Waals surface area (Å²) in [5, 5.41) is 9.82. The Labute approximate surface area is 158 Å². The molecule has 0 spiro atoms. The van der Waals surface area contributed by atoms with Crippen LogP contribution in [0.5, 0.6) is 11.5 Å². The Morgan fingerprint density at radius 3 is 1.63 bits per heavy atom. The molecule has 144 valence electrons. The summed E-state index contributed by atoms with van der Waals surface area (Å²) in [7, 11) is 3.09. The highest BCUT2D eigenvalue weighted by atomic mass is 16.7. The number of benzene rings is 2. The number of hydrogen-bond donors (Lipinski definition) is 1. The molecule has 0 amide bonds.